The number of piperidine rings is 1. The number of carbonyl (C=O) groups excluding carboxylic acids is 1. The van der Waals surface area contributed by atoms with Crippen LogP contribution in [0.2, 0.25) is 0 Å². The number of hydrogen-bond donors (Lipinski definition) is 1. The topological polar surface area (TPSA) is 60.9 Å². The van der Waals surface area contributed by atoms with E-state index in [9.17, 15) is 9.59 Å². The van der Waals surface area contributed by atoms with E-state index in [1.807, 2.05) is 11.9 Å². The summed E-state index contributed by atoms with van der Waals surface area (Å²) in [5.74, 6) is -0.759. The summed E-state index contributed by atoms with van der Waals surface area (Å²) in [6.45, 7) is 6.46. The van der Waals surface area contributed by atoms with E-state index >= 15 is 0 Å². The number of rotatable bonds is 6. The fourth-order valence-electron chi connectivity index (χ4n) is 2.56. The highest BCUT2D eigenvalue weighted by Crippen LogP contribution is 2.18. The first kappa shape index (κ1) is 16.0. The Kier molecular flexibility index (Phi) is 6.28. The molecule has 1 amide bonds. The predicted octanol–water partition coefficient (Wildman–Crippen LogP) is 1.57. The zero-order chi connectivity index (χ0) is 14.4. The van der Waals surface area contributed by atoms with Crippen LogP contribution >= 0.6 is 0 Å². The third kappa shape index (κ3) is 5.19. The predicted molar refractivity (Wildman–Crippen MR) is 74.0 cm³/mol. The normalized spacial score (nSPS) is 17.7. The molecule has 1 saturated heterocycles. The monoisotopic (exact) mass is 270 g/mol. The fourth-order valence-corrected chi connectivity index (χ4v) is 2.56. The second-order valence-corrected chi connectivity index (χ2v) is 5.61. The smallest absolute Gasteiger partial charge is 0.303 e. The Labute approximate surface area is 115 Å². The fraction of sp³-hybridized carbons (Fsp3) is 0.857. The number of nitrogens with zero attached hydrogens (tertiary/aromatic N) is 2. The van der Waals surface area contributed by atoms with Crippen molar-refractivity contribution < 1.29 is 14.7 Å². The molecule has 1 aliphatic rings. The second-order valence-electron chi connectivity index (χ2n) is 5.61. The molecule has 0 spiro atoms. The SMILES string of the molecule is CC(C)N1CCC(N(C)C(=O)CCCC(=O)O)CC1. The third-order valence-corrected chi connectivity index (χ3v) is 3.95. The maximum Gasteiger partial charge on any atom is 0.303 e. The minimum absolute atomic E-state index is 0.0734. The van der Waals surface area contributed by atoms with Gasteiger partial charge in [-0.2, -0.15) is 0 Å². The summed E-state index contributed by atoms with van der Waals surface area (Å²) in [7, 11) is 1.85. The molecule has 0 saturated carbocycles. The van der Waals surface area contributed by atoms with Gasteiger partial charge in [0.2, 0.25) is 5.91 Å². The number of amides is 1. The van der Waals surface area contributed by atoms with Crippen LogP contribution in [0.5, 0.6) is 0 Å². The van der Waals surface area contributed by atoms with E-state index in [0.29, 0.717) is 24.9 Å². The van der Waals surface area contributed by atoms with Crippen molar-refractivity contribution in [1.29, 1.82) is 0 Å². The van der Waals surface area contributed by atoms with Crippen molar-refractivity contribution in [2.24, 2.45) is 0 Å². The summed E-state index contributed by atoms with van der Waals surface area (Å²) in [5, 5.41) is 8.56. The van der Waals surface area contributed by atoms with Crippen LogP contribution in [0.3, 0.4) is 0 Å². The average molecular weight is 270 g/mol. The molecule has 110 valence electrons. The Morgan fingerprint density at radius 3 is 2.32 bits per heavy atom. The second kappa shape index (κ2) is 7.48. The lowest BCUT2D eigenvalue weighted by Crippen LogP contribution is -2.47. The van der Waals surface area contributed by atoms with Gasteiger partial charge in [-0.1, -0.05) is 0 Å². The first-order chi connectivity index (χ1) is 8.91. The standard InChI is InChI=1S/C14H26N2O3/c1-11(2)16-9-7-12(8-10-16)15(3)13(17)5-4-6-14(18)19/h11-12H,4-10H2,1-3H3,(H,18,19). The van der Waals surface area contributed by atoms with Gasteiger partial charge in [0.15, 0.2) is 0 Å². The maximum absolute atomic E-state index is 12.0. The molecule has 5 heteroatoms. The number of carboxylic acid groups (broad SMARTS) is 1. The van der Waals surface area contributed by atoms with E-state index in [2.05, 4.69) is 18.7 Å². The van der Waals surface area contributed by atoms with Crippen molar-refractivity contribution in [1.82, 2.24) is 9.80 Å². The van der Waals surface area contributed by atoms with Gasteiger partial charge in [0, 0.05) is 45.1 Å². The van der Waals surface area contributed by atoms with Crippen LogP contribution in [-0.4, -0.2) is 59.0 Å². The highest BCUT2D eigenvalue weighted by atomic mass is 16.4. The number of aliphatic carboxylic acids is 1. The van der Waals surface area contributed by atoms with Crippen molar-refractivity contribution in [2.75, 3.05) is 20.1 Å². The minimum atomic E-state index is -0.833. The highest BCUT2D eigenvalue weighted by Gasteiger charge is 2.25. The lowest BCUT2D eigenvalue weighted by atomic mass is 10.0. The number of hydrogen-bond acceptors (Lipinski definition) is 3. The number of likely N-dealkylation sites (tertiary alicyclic amines) is 1. The number of carboxylic acids is 1. The Morgan fingerprint density at radius 2 is 1.84 bits per heavy atom. The Bertz CT molecular complexity index is 310. The minimum Gasteiger partial charge on any atom is -0.481 e. The summed E-state index contributed by atoms with van der Waals surface area (Å²) in [4.78, 5) is 26.6. The Hall–Kier alpha value is -1.10. The Balaban J connectivity index is 2.31. The van der Waals surface area contributed by atoms with Gasteiger partial charge >= 0.3 is 5.97 Å². The lowest BCUT2D eigenvalue weighted by molar-refractivity contribution is -0.137. The molecule has 0 bridgehead atoms. The van der Waals surface area contributed by atoms with Crippen molar-refractivity contribution in [3.63, 3.8) is 0 Å². The van der Waals surface area contributed by atoms with Gasteiger partial charge in [0.05, 0.1) is 0 Å². The van der Waals surface area contributed by atoms with E-state index in [4.69, 9.17) is 5.11 Å². The van der Waals surface area contributed by atoms with Crippen molar-refractivity contribution >= 4 is 11.9 Å². The molecule has 0 atom stereocenters. The van der Waals surface area contributed by atoms with E-state index in [1.165, 1.54) is 0 Å². The van der Waals surface area contributed by atoms with E-state index < -0.39 is 5.97 Å². The molecule has 0 unspecified atom stereocenters. The van der Waals surface area contributed by atoms with Crippen molar-refractivity contribution in [3.05, 3.63) is 0 Å². The maximum atomic E-state index is 12.0. The van der Waals surface area contributed by atoms with Gasteiger partial charge in [-0.15, -0.1) is 0 Å². The van der Waals surface area contributed by atoms with E-state index in [1.54, 1.807) is 0 Å². The quantitative estimate of drug-likeness (QED) is 0.796. The molecule has 1 fully saturated rings. The molecular weight excluding hydrogens is 244 g/mol. The lowest BCUT2D eigenvalue weighted by Gasteiger charge is -2.38. The van der Waals surface area contributed by atoms with Gasteiger partial charge in [0.25, 0.3) is 0 Å². The molecule has 1 heterocycles. The van der Waals surface area contributed by atoms with Gasteiger partial charge < -0.3 is 14.9 Å². The summed E-state index contributed by atoms with van der Waals surface area (Å²) in [6.07, 6.45) is 2.88. The van der Waals surface area contributed by atoms with Crippen LogP contribution in [-0.2, 0) is 9.59 Å². The van der Waals surface area contributed by atoms with Crippen LogP contribution in [0.1, 0.15) is 46.0 Å². The molecule has 0 radical (unpaired) electrons. The van der Waals surface area contributed by atoms with E-state index in [-0.39, 0.29) is 12.3 Å². The molecule has 0 aromatic heterocycles. The first-order valence-electron chi connectivity index (χ1n) is 7.13. The van der Waals surface area contributed by atoms with Crippen LogP contribution in [0.15, 0.2) is 0 Å². The molecule has 0 aliphatic carbocycles. The summed E-state index contributed by atoms with van der Waals surface area (Å²) >= 11 is 0. The van der Waals surface area contributed by atoms with Crippen LogP contribution < -0.4 is 0 Å². The van der Waals surface area contributed by atoms with Crippen LogP contribution in [0.25, 0.3) is 0 Å². The van der Waals surface area contributed by atoms with Crippen LogP contribution in [0.4, 0.5) is 0 Å². The van der Waals surface area contributed by atoms with Gasteiger partial charge in [0.1, 0.15) is 0 Å². The van der Waals surface area contributed by atoms with Gasteiger partial charge in [-0.3, -0.25) is 9.59 Å². The summed E-state index contributed by atoms with van der Waals surface area (Å²) in [5.41, 5.74) is 0. The average Bonchev–Trinajstić information content (AvgIpc) is 2.37. The largest absolute Gasteiger partial charge is 0.481 e. The molecule has 5 nitrogen and oxygen atoms in total. The molecule has 19 heavy (non-hydrogen) atoms. The zero-order valence-electron chi connectivity index (χ0n) is 12.3. The molecule has 0 aromatic rings. The zero-order valence-corrected chi connectivity index (χ0v) is 12.3. The van der Waals surface area contributed by atoms with Crippen LogP contribution in [0, 0.1) is 0 Å². The molecule has 0 aromatic carbocycles. The van der Waals surface area contributed by atoms with Gasteiger partial charge in [-0.25, -0.2) is 0 Å². The van der Waals surface area contributed by atoms with E-state index in [0.717, 1.165) is 25.9 Å². The van der Waals surface area contributed by atoms with Gasteiger partial charge in [-0.05, 0) is 33.1 Å². The first-order valence-corrected chi connectivity index (χ1v) is 7.13. The molecule has 1 N–H and O–H groups in total. The molecule has 1 rings (SSSR count). The van der Waals surface area contributed by atoms with Crippen molar-refractivity contribution in [2.45, 2.75) is 58.0 Å². The molecular formula is C14H26N2O3. The molecule has 1 aliphatic heterocycles. The highest BCUT2D eigenvalue weighted by molar-refractivity contribution is 5.77. The number of carbonyl (C=O) groups is 2. The van der Waals surface area contributed by atoms with Crippen molar-refractivity contribution in [3.8, 4) is 0 Å². The third-order valence-electron chi connectivity index (χ3n) is 3.95. The Morgan fingerprint density at radius 1 is 1.26 bits per heavy atom. The summed E-state index contributed by atoms with van der Waals surface area (Å²) in [6, 6.07) is 0.879. The summed E-state index contributed by atoms with van der Waals surface area (Å²) < 4.78 is 0.